The number of halogens is 3. The highest BCUT2D eigenvalue weighted by Crippen LogP contribution is 2.31. The Balaban J connectivity index is 1.81. The fourth-order valence-electron chi connectivity index (χ4n) is 1.98. The van der Waals surface area contributed by atoms with Gasteiger partial charge in [0.1, 0.15) is 17.4 Å². The normalized spacial score (nSPS) is 17.7. The second-order valence-corrected chi connectivity index (χ2v) is 5.90. The second-order valence-electron chi connectivity index (χ2n) is 4.67. The SMILES string of the molecule is CN1CCN(CCOc2ccc(Br)c(F)c2Cl)CC1. The highest BCUT2D eigenvalue weighted by molar-refractivity contribution is 9.10. The summed E-state index contributed by atoms with van der Waals surface area (Å²) < 4.78 is 19.4. The Bertz CT molecular complexity index is 439. The lowest BCUT2D eigenvalue weighted by Crippen LogP contribution is -2.45. The van der Waals surface area contributed by atoms with Crippen LogP contribution in [0.2, 0.25) is 5.02 Å². The van der Waals surface area contributed by atoms with E-state index in [9.17, 15) is 4.39 Å². The van der Waals surface area contributed by atoms with E-state index in [1.54, 1.807) is 12.1 Å². The van der Waals surface area contributed by atoms with E-state index >= 15 is 0 Å². The van der Waals surface area contributed by atoms with Gasteiger partial charge in [0, 0.05) is 32.7 Å². The predicted octanol–water partition coefficient (Wildman–Crippen LogP) is 2.87. The van der Waals surface area contributed by atoms with Gasteiger partial charge >= 0.3 is 0 Å². The summed E-state index contributed by atoms with van der Waals surface area (Å²) >= 11 is 8.98. The molecule has 1 fully saturated rings. The van der Waals surface area contributed by atoms with Gasteiger partial charge in [-0.3, -0.25) is 4.90 Å². The molecule has 2 rings (SSSR count). The number of rotatable bonds is 4. The maximum atomic E-state index is 13.5. The molecule has 0 spiro atoms. The van der Waals surface area contributed by atoms with Gasteiger partial charge in [-0.15, -0.1) is 0 Å². The van der Waals surface area contributed by atoms with Crippen molar-refractivity contribution in [1.29, 1.82) is 0 Å². The average molecular weight is 352 g/mol. The van der Waals surface area contributed by atoms with Crippen molar-refractivity contribution in [3.05, 3.63) is 27.4 Å². The Hall–Kier alpha value is -0.360. The fraction of sp³-hybridized carbons (Fsp3) is 0.538. The van der Waals surface area contributed by atoms with Crippen molar-refractivity contribution in [2.45, 2.75) is 0 Å². The first-order valence-corrected chi connectivity index (χ1v) is 7.42. The van der Waals surface area contributed by atoms with Crippen LogP contribution in [-0.2, 0) is 0 Å². The third-order valence-electron chi connectivity index (χ3n) is 3.26. The van der Waals surface area contributed by atoms with E-state index in [1.807, 2.05) is 0 Å². The molecule has 0 aliphatic carbocycles. The Morgan fingerprint density at radius 2 is 2.00 bits per heavy atom. The van der Waals surface area contributed by atoms with Gasteiger partial charge in [-0.25, -0.2) is 4.39 Å². The number of likely N-dealkylation sites (N-methyl/N-ethyl adjacent to an activating group) is 1. The van der Waals surface area contributed by atoms with Crippen molar-refractivity contribution in [1.82, 2.24) is 9.80 Å². The first-order chi connectivity index (χ1) is 9.08. The Morgan fingerprint density at radius 3 is 2.68 bits per heavy atom. The lowest BCUT2D eigenvalue weighted by molar-refractivity contribution is 0.133. The summed E-state index contributed by atoms with van der Waals surface area (Å²) in [5.74, 6) is -0.0738. The Morgan fingerprint density at radius 1 is 1.32 bits per heavy atom. The van der Waals surface area contributed by atoms with Crippen LogP contribution in [0.5, 0.6) is 5.75 Å². The minimum Gasteiger partial charge on any atom is -0.491 e. The van der Waals surface area contributed by atoms with Gasteiger partial charge in [0.05, 0.1) is 4.47 Å². The molecule has 3 nitrogen and oxygen atoms in total. The first-order valence-electron chi connectivity index (χ1n) is 6.25. The van der Waals surface area contributed by atoms with Crippen LogP contribution < -0.4 is 4.74 Å². The summed E-state index contributed by atoms with van der Waals surface area (Å²) in [6, 6.07) is 3.28. The molecule has 1 aromatic rings. The molecule has 1 saturated heterocycles. The highest BCUT2D eigenvalue weighted by atomic mass is 79.9. The van der Waals surface area contributed by atoms with E-state index in [1.165, 1.54) is 0 Å². The molecular formula is C13H17BrClFN2O. The number of hydrogen-bond acceptors (Lipinski definition) is 3. The summed E-state index contributed by atoms with van der Waals surface area (Å²) in [4.78, 5) is 4.64. The van der Waals surface area contributed by atoms with E-state index in [-0.39, 0.29) is 5.02 Å². The first kappa shape index (κ1) is 15.0. The molecule has 6 heteroatoms. The van der Waals surface area contributed by atoms with E-state index in [0.717, 1.165) is 32.7 Å². The molecule has 19 heavy (non-hydrogen) atoms. The van der Waals surface area contributed by atoms with E-state index < -0.39 is 5.82 Å². The molecule has 1 heterocycles. The van der Waals surface area contributed by atoms with Crippen LogP contribution in [0.1, 0.15) is 0 Å². The molecular weight excluding hydrogens is 335 g/mol. The maximum absolute atomic E-state index is 13.5. The quantitative estimate of drug-likeness (QED) is 0.776. The summed E-state index contributed by atoms with van der Waals surface area (Å²) in [5.41, 5.74) is 0. The van der Waals surface area contributed by atoms with Crippen molar-refractivity contribution in [2.24, 2.45) is 0 Å². The lowest BCUT2D eigenvalue weighted by atomic mass is 10.3. The fourth-order valence-corrected chi connectivity index (χ4v) is 2.64. The molecule has 1 aliphatic rings. The predicted molar refractivity (Wildman–Crippen MR) is 78.5 cm³/mol. The molecule has 0 N–H and O–H groups in total. The van der Waals surface area contributed by atoms with Crippen LogP contribution in [0.25, 0.3) is 0 Å². The zero-order valence-corrected chi connectivity index (χ0v) is 13.2. The average Bonchev–Trinajstić information content (AvgIpc) is 2.41. The van der Waals surface area contributed by atoms with Crippen molar-refractivity contribution < 1.29 is 9.13 Å². The summed E-state index contributed by atoms with van der Waals surface area (Å²) in [6.07, 6.45) is 0. The number of benzene rings is 1. The van der Waals surface area contributed by atoms with Gasteiger partial charge in [-0.05, 0) is 35.1 Å². The maximum Gasteiger partial charge on any atom is 0.159 e. The zero-order valence-electron chi connectivity index (χ0n) is 10.8. The van der Waals surface area contributed by atoms with Crippen molar-refractivity contribution in [3.8, 4) is 5.75 Å². The third kappa shape index (κ3) is 4.05. The van der Waals surface area contributed by atoms with Crippen LogP contribution >= 0.6 is 27.5 Å². The number of hydrogen-bond donors (Lipinski definition) is 0. The number of nitrogens with zero attached hydrogens (tertiary/aromatic N) is 2. The van der Waals surface area contributed by atoms with Crippen molar-refractivity contribution in [2.75, 3.05) is 46.4 Å². The van der Waals surface area contributed by atoms with E-state index in [2.05, 4.69) is 32.8 Å². The monoisotopic (exact) mass is 350 g/mol. The standard InChI is InChI=1S/C13H17BrClFN2O/c1-17-4-6-18(7-5-17)8-9-19-11-3-2-10(14)13(16)12(11)15/h2-3H,4-9H2,1H3. The summed E-state index contributed by atoms with van der Waals surface area (Å²) in [5, 5.41) is 0.0350. The molecule has 0 bridgehead atoms. The van der Waals surface area contributed by atoms with Gasteiger partial charge in [0.25, 0.3) is 0 Å². The Kier molecular flexibility index (Phi) is 5.45. The highest BCUT2D eigenvalue weighted by Gasteiger charge is 2.14. The molecule has 1 aromatic carbocycles. The third-order valence-corrected chi connectivity index (χ3v) is 4.23. The minimum absolute atomic E-state index is 0.0350. The molecule has 0 amide bonds. The minimum atomic E-state index is -0.473. The van der Waals surface area contributed by atoms with E-state index in [0.29, 0.717) is 16.8 Å². The second kappa shape index (κ2) is 6.88. The summed E-state index contributed by atoms with van der Waals surface area (Å²) in [6.45, 7) is 5.60. The lowest BCUT2D eigenvalue weighted by Gasteiger charge is -2.32. The van der Waals surface area contributed by atoms with Gasteiger partial charge in [-0.1, -0.05) is 11.6 Å². The summed E-state index contributed by atoms with van der Waals surface area (Å²) in [7, 11) is 2.12. The molecule has 0 atom stereocenters. The number of ether oxygens (including phenoxy) is 1. The molecule has 0 aromatic heterocycles. The Labute approximate surface area is 126 Å². The smallest absolute Gasteiger partial charge is 0.159 e. The van der Waals surface area contributed by atoms with Crippen LogP contribution in [-0.4, -0.2) is 56.2 Å². The van der Waals surface area contributed by atoms with Crippen molar-refractivity contribution in [3.63, 3.8) is 0 Å². The van der Waals surface area contributed by atoms with Gasteiger partial charge in [0.2, 0.25) is 0 Å². The topological polar surface area (TPSA) is 15.7 Å². The number of piperazine rings is 1. The van der Waals surface area contributed by atoms with Crippen LogP contribution in [0.4, 0.5) is 4.39 Å². The zero-order chi connectivity index (χ0) is 13.8. The van der Waals surface area contributed by atoms with Crippen LogP contribution in [0.3, 0.4) is 0 Å². The van der Waals surface area contributed by atoms with Crippen LogP contribution in [0.15, 0.2) is 16.6 Å². The molecule has 0 radical (unpaired) electrons. The van der Waals surface area contributed by atoms with Gasteiger partial charge in [0.15, 0.2) is 5.82 Å². The van der Waals surface area contributed by atoms with E-state index in [4.69, 9.17) is 16.3 Å². The van der Waals surface area contributed by atoms with Gasteiger partial charge < -0.3 is 9.64 Å². The molecule has 106 valence electrons. The molecule has 0 unspecified atom stereocenters. The van der Waals surface area contributed by atoms with Crippen LogP contribution in [0, 0.1) is 5.82 Å². The van der Waals surface area contributed by atoms with Gasteiger partial charge in [-0.2, -0.15) is 0 Å². The molecule has 0 saturated carbocycles. The van der Waals surface area contributed by atoms with Crippen molar-refractivity contribution >= 4 is 27.5 Å². The largest absolute Gasteiger partial charge is 0.491 e. The molecule has 1 aliphatic heterocycles.